The number of aromatic nitrogens is 2. The van der Waals surface area contributed by atoms with Gasteiger partial charge >= 0.3 is 0 Å². The topological polar surface area (TPSA) is 49.8 Å². The second kappa shape index (κ2) is 6.93. The molecule has 3 rings (SSSR count). The van der Waals surface area contributed by atoms with Crippen LogP contribution in [0.15, 0.2) is 60.8 Å². The molecule has 128 valence electrons. The molecule has 0 fully saturated rings. The molecule has 0 amide bonds. The first-order valence-electron chi connectivity index (χ1n) is 8.45. The van der Waals surface area contributed by atoms with Gasteiger partial charge in [0.25, 0.3) is 0 Å². The molecule has 0 aliphatic rings. The molecule has 0 aliphatic carbocycles. The zero-order chi connectivity index (χ0) is 17.9. The van der Waals surface area contributed by atoms with Gasteiger partial charge in [-0.1, -0.05) is 56.7 Å². The van der Waals surface area contributed by atoms with Crippen molar-refractivity contribution in [3.63, 3.8) is 0 Å². The summed E-state index contributed by atoms with van der Waals surface area (Å²) >= 11 is 0. The van der Waals surface area contributed by atoms with Crippen LogP contribution in [-0.2, 0) is 5.41 Å². The fourth-order valence-corrected chi connectivity index (χ4v) is 2.64. The Kier molecular flexibility index (Phi) is 4.70. The SMILES string of the molecule is Cc1ccc(Nc2nccc(Nc3ccccc3C(C)(C)C)n2)cc1. The minimum absolute atomic E-state index is 0.0552. The van der Waals surface area contributed by atoms with Gasteiger partial charge in [-0.05, 0) is 42.2 Å². The van der Waals surface area contributed by atoms with E-state index in [2.05, 4.69) is 78.6 Å². The quantitative estimate of drug-likeness (QED) is 0.656. The fourth-order valence-electron chi connectivity index (χ4n) is 2.64. The Morgan fingerprint density at radius 3 is 2.28 bits per heavy atom. The molecule has 0 bridgehead atoms. The Morgan fingerprint density at radius 1 is 0.840 bits per heavy atom. The van der Waals surface area contributed by atoms with Crippen molar-refractivity contribution in [2.45, 2.75) is 33.1 Å². The van der Waals surface area contributed by atoms with Crippen molar-refractivity contribution in [1.29, 1.82) is 0 Å². The maximum atomic E-state index is 4.58. The molecule has 4 heteroatoms. The Balaban J connectivity index is 1.82. The van der Waals surface area contributed by atoms with E-state index in [-0.39, 0.29) is 5.41 Å². The smallest absolute Gasteiger partial charge is 0.229 e. The number of para-hydroxylation sites is 1. The summed E-state index contributed by atoms with van der Waals surface area (Å²) in [5, 5.41) is 6.66. The molecule has 0 spiro atoms. The highest BCUT2D eigenvalue weighted by atomic mass is 15.1. The maximum absolute atomic E-state index is 4.58. The van der Waals surface area contributed by atoms with E-state index >= 15 is 0 Å². The van der Waals surface area contributed by atoms with E-state index in [1.54, 1.807) is 6.20 Å². The van der Waals surface area contributed by atoms with Gasteiger partial charge in [-0.2, -0.15) is 4.98 Å². The van der Waals surface area contributed by atoms with Crippen molar-refractivity contribution in [1.82, 2.24) is 9.97 Å². The number of hydrogen-bond donors (Lipinski definition) is 2. The van der Waals surface area contributed by atoms with Gasteiger partial charge in [-0.15, -0.1) is 0 Å². The Bertz CT molecular complexity index is 848. The lowest BCUT2D eigenvalue weighted by Gasteiger charge is -2.23. The third-order valence-corrected chi connectivity index (χ3v) is 3.96. The summed E-state index contributed by atoms with van der Waals surface area (Å²) in [4.78, 5) is 8.88. The molecule has 1 aromatic heterocycles. The van der Waals surface area contributed by atoms with E-state index in [0.717, 1.165) is 17.2 Å². The van der Waals surface area contributed by atoms with Gasteiger partial charge in [-0.25, -0.2) is 4.98 Å². The van der Waals surface area contributed by atoms with Crippen LogP contribution in [0.5, 0.6) is 0 Å². The van der Waals surface area contributed by atoms with E-state index in [1.807, 2.05) is 24.3 Å². The van der Waals surface area contributed by atoms with Crippen LogP contribution in [0.4, 0.5) is 23.1 Å². The van der Waals surface area contributed by atoms with Crippen molar-refractivity contribution in [2.75, 3.05) is 10.6 Å². The largest absolute Gasteiger partial charge is 0.340 e. The monoisotopic (exact) mass is 332 g/mol. The highest BCUT2D eigenvalue weighted by Crippen LogP contribution is 2.31. The summed E-state index contributed by atoms with van der Waals surface area (Å²) in [6.45, 7) is 8.69. The van der Waals surface area contributed by atoms with Crippen LogP contribution in [0.3, 0.4) is 0 Å². The van der Waals surface area contributed by atoms with Crippen molar-refractivity contribution in [3.8, 4) is 0 Å². The molecule has 4 nitrogen and oxygen atoms in total. The van der Waals surface area contributed by atoms with Gasteiger partial charge < -0.3 is 10.6 Å². The summed E-state index contributed by atoms with van der Waals surface area (Å²) in [6, 6.07) is 18.4. The molecule has 0 aliphatic heterocycles. The third-order valence-electron chi connectivity index (χ3n) is 3.96. The van der Waals surface area contributed by atoms with Crippen molar-refractivity contribution in [3.05, 3.63) is 71.9 Å². The molecule has 2 aromatic carbocycles. The summed E-state index contributed by atoms with van der Waals surface area (Å²) in [5.41, 5.74) is 4.56. The van der Waals surface area contributed by atoms with Gasteiger partial charge in [0.15, 0.2) is 0 Å². The van der Waals surface area contributed by atoms with E-state index in [0.29, 0.717) is 5.95 Å². The van der Waals surface area contributed by atoms with Crippen molar-refractivity contribution >= 4 is 23.1 Å². The van der Waals surface area contributed by atoms with Crippen molar-refractivity contribution < 1.29 is 0 Å². The Morgan fingerprint density at radius 2 is 1.56 bits per heavy atom. The number of aryl methyl sites for hydroxylation is 1. The van der Waals surface area contributed by atoms with Crippen LogP contribution in [0.2, 0.25) is 0 Å². The first-order chi connectivity index (χ1) is 11.9. The molecule has 0 saturated heterocycles. The standard InChI is InChI=1S/C21H24N4/c1-15-9-11-16(12-10-15)23-20-22-14-13-19(25-20)24-18-8-6-5-7-17(18)21(2,3)4/h5-14H,1-4H3,(H2,22,23,24,25). The van der Waals surface area contributed by atoms with Crippen LogP contribution < -0.4 is 10.6 Å². The van der Waals surface area contributed by atoms with E-state index in [9.17, 15) is 0 Å². The van der Waals surface area contributed by atoms with Crippen molar-refractivity contribution in [2.24, 2.45) is 0 Å². The molecule has 0 radical (unpaired) electrons. The normalized spacial score (nSPS) is 11.2. The second-order valence-corrected chi connectivity index (χ2v) is 7.18. The fraction of sp³-hybridized carbons (Fsp3) is 0.238. The van der Waals surface area contributed by atoms with E-state index < -0.39 is 0 Å². The minimum atomic E-state index is 0.0552. The third kappa shape index (κ3) is 4.35. The first-order valence-corrected chi connectivity index (χ1v) is 8.45. The average Bonchev–Trinajstić information content (AvgIpc) is 2.57. The molecular formula is C21H24N4. The minimum Gasteiger partial charge on any atom is -0.340 e. The summed E-state index contributed by atoms with van der Waals surface area (Å²) in [6.07, 6.45) is 1.76. The number of nitrogens with zero attached hydrogens (tertiary/aromatic N) is 2. The number of hydrogen-bond acceptors (Lipinski definition) is 4. The number of benzene rings is 2. The van der Waals surface area contributed by atoms with Crippen LogP contribution in [0.25, 0.3) is 0 Å². The van der Waals surface area contributed by atoms with Crippen LogP contribution in [0.1, 0.15) is 31.9 Å². The molecule has 1 heterocycles. The zero-order valence-corrected chi connectivity index (χ0v) is 15.2. The van der Waals surface area contributed by atoms with Crippen LogP contribution in [-0.4, -0.2) is 9.97 Å². The molecule has 3 aromatic rings. The Labute approximate surface area is 149 Å². The maximum Gasteiger partial charge on any atom is 0.229 e. The van der Waals surface area contributed by atoms with Gasteiger partial charge in [0.1, 0.15) is 5.82 Å². The number of nitrogens with one attached hydrogen (secondary N) is 2. The average molecular weight is 332 g/mol. The second-order valence-electron chi connectivity index (χ2n) is 7.18. The predicted molar refractivity (Wildman–Crippen MR) is 105 cm³/mol. The summed E-state index contributed by atoms with van der Waals surface area (Å²) < 4.78 is 0. The molecule has 0 saturated carbocycles. The first kappa shape index (κ1) is 17.0. The lowest BCUT2D eigenvalue weighted by molar-refractivity contribution is 0.592. The Hall–Kier alpha value is -2.88. The highest BCUT2D eigenvalue weighted by Gasteiger charge is 2.17. The van der Waals surface area contributed by atoms with Gasteiger partial charge in [0, 0.05) is 17.6 Å². The van der Waals surface area contributed by atoms with E-state index in [4.69, 9.17) is 0 Å². The molecular weight excluding hydrogens is 308 g/mol. The molecule has 25 heavy (non-hydrogen) atoms. The summed E-state index contributed by atoms with van der Waals surface area (Å²) in [7, 11) is 0. The van der Waals surface area contributed by atoms with Gasteiger partial charge in [0.05, 0.1) is 0 Å². The number of anilines is 4. The molecule has 2 N–H and O–H groups in total. The van der Waals surface area contributed by atoms with Crippen LogP contribution >= 0.6 is 0 Å². The van der Waals surface area contributed by atoms with Crippen LogP contribution in [0, 0.1) is 6.92 Å². The van der Waals surface area contributed by atoms with Gasteiger partial charge in [0.2, 0.25) is 5.95 Å². The molecule has 0 atom stereocenters. The highest BCUT2D eigenvalue weighted by molar-refractivity contribution is 5.63. The predicted octanol–water partition coefficient (Wildman–Crippen LogP) is 5.57. The lowest BCUT2D eigenvalue weighted by Crippen LogP contribution is -2.13. The summed E-state index contributed by atoms with van der Waals surface area (Å²) in [5.74, 6) is 1.34. The lowest BCUT2D eigenvalue weighted by atomic mass is 9.86. The molecule has 0 unspecified atom stereocenters. The zero-order valence-electron chi connectivity index (χ0n) is 15.2. The van der Waals surface area contributed by atoms with E-state index in [1.165, 1.54) is 11.1 Å². The number of rotatable bonds is 4. The van der Waals surface area contributed by atoms with Gasteiger partial charge in [-0.3, -0.25) is 0 Å².